The summed E-state index contributed by atoms with van der Waals surface area (Å²) in [6.07, 6.45) is 1.23. The summed E-state index contributed by atoms with van der Waals surface area (Å²) in [4.78, 5) is 14.5. The van der Waals surface area contributed by atoms with Gasteiger partial charge in [0.25, 0.3) is 5.91 Å². The monoisotopic (exact) mass is 310 g/mol. The molecule has 0 aromatic heterocycles. The summed E-state index contributed by atoms with van der Waals surface area (Å²) in [7, 11) is 1.94. The van der Waals surface area contributed by atoms with Gasteiger partial charge in [-0.3, -0.25) is 4.79 Å². The van der Waals surface area contributed by atoms with E-state index in [9.17, 15) is 4.79 Å². The van der Waals surface area contributed by atoms with E-state index in [2.05, 4.69) is 5.32 Å². The first-order valence-electron chi connectivity index (χ1n) is 7.50. The maximum absolute atomic E-state index is 12.6. The van der Waals surface area contributed by atoms with Crippen LogP contribution >= 0.6 is 11.6 Å². The van der Waals surface area contributed by atoms with Gasteiger partial charge in [-0.05, 0) is 44.5 Å². The Balaban J connectivity index is 1.98. The number of nitrogens with zero attached hydrogens (tertiary/aromatic N) is 1. The summed E-state index contributed by atoms with van der Waals surface area (Å²) in [5.74, 6) is 1.18. The molecule has 21 heavy (non-hydrogen) atoms. The third kappa shape index (κ3) is 4.11. The van der Waals surface area contributed by atoms with Crippen molar-refractivity contribution >= 4 is 17.5 Å². The number of benzene rings is 1. The number of rotatable bonds is 6. The molecule has 1 aromatic rings. The number of likely N-dealkylation sites (tertiary alicyclic amines) is 1. The van der Waals surface area contributed by atoms with E-state index in [1.165, 1.54) is 0 Å². The van der Waals surface area contributed by atoms with E-state index in [1.54, 1.807) is 12.1 Å². The molecule has 0 unspecified atom stereocenters. The summed E-state index contributed by atoms with van der Waals surface area (Å²) in [5.41, 5.74) is 0. The molecule has 1 fully saturated rings. The number of carbonyl (C=O) groups is 1. The SMILES string of the molecule is CC[C@H](Oc1ccccc1Cl)C(=O)N1CC[C@@H](CNC)C1. The molecule has 0 saturated carbocycles. The average molecular weight is 311 g/mol. The van der Waals surface area contributed by atoms with Crippen LogP contribution in [0.15, 0.2) is 24.3 Å². The summed E-state index contributed by atoms with van der Waals surface area (Å²) >= 11 is 6.10. The lowest BCUT2D eigenvalue weighted by Crippen LogP contribution is -2.41. The minimum Gasteiger partial charge on any atom is -0.479 e. The standard InChI is InChI=1S/C16H23ClN2O2/c1-3-14(21-15-7-5-4-6-13(15)17)16(20)19-9-8-12(11-19)10-18-2/h4-7,12,14,18H,3,8-11H2,1-2H3/t12-,14-/m0/s1. The molecule has 0 bridgehead atoms. The highest BCUT2D eigenvalue weighted by atomic mass is 35.5. The molecule has 0 radical (unpaired) electrons. The van der Waals surface area contributed by atoms with E-state index in [0.29, 0.717) is 23.1 Å². The molecule has 4 nitrogen and oxygen atoms in total. The highest BCUT2D eigenvalue weighted by Crippen LogP contribution is 2.26. The summed E-state index contributed by atoms with van der Waals surface area (Å²) in [5, 5.41) is 3.71. The Hall–Kier alpha value is -1.26. The maximum Gasteiger partial charge on any atom is 0.263 e. The lowest BCUT2D eigenvalue weighted by Gasteiger charge is -2.24. The lowest BCUT2D eigenvalue weighted by atomic mass is 10.1. The quantitative estimate of drug-likeness (QED) is 0.878. The number of halogens is 1. The number of amides is 1. The fourth-order valence-corrected chi connectivity index (χ4v) is 2.87. The topological polar surface area (TPSA) is 41.6 Å². The predicted octanol–water partition coefficient (Wildman–Crippen LogP) is 2.57. The van der Waals surface area contributed by atoms with Crippen LogP contribution in [0.5, 0.6) is 5.75 Å². The second-order valence-corrected chi connectivity index (χ2v) is 5.85. The van der Waals surface area contributed by atoms with Gasteiger partial charge < -0.3 is 15.0 Å². The van der Waals surface area contributed by atoms with Crippen molar-refractivity contribution in [2.75, 3.05) is 26.7 Å². The van der Waals surface area contributed by atoms with Gasteiger partial charge in [0.1, 0.15) is 5.75 Å². The van der Waals surface area contributed by atoms with E-state index >= 15 is 0 Å². The van der Waals surface area contributed by atoms with Crippen molar-refractivity contribution in [3.63, 3.8) is 0 Å². The van der Waals surface area contributed by atoms with Crippen molar-refractivity contribution in [3.05, 3.63) is 29.3 Å². The Labute approximate surface area is 131 Å². The predicted molar refractivity (Wildman–Crippen MR) is 84.8 cm³/mol. The van der Waals surface area contributed by atoms with Crippen LogP contribution in [0.1, 0.15) is 19.8 Å². The van der Waals surface area contributed by atoms with Gasteiger partial charge in [0.15, 0.2) is 6.10 Å². The molecule has 1 heterocycles. The molecule has 1 N–H and O–H groups in total. The van der Waals surface area contributed by atoms with Crippen molar-refractivity contribution in [2.24, 2.45) is 5.92 Å². The van der Waals surface area contributed by atoms with Crippen molar-refractivity contribution < 1.29 is 9.53 Å². The molecular weight excluding hydrogens is 288 g/mol. The summed E-state index contributed by atoms with van der Waals surface area (Å²) in [6.45, 7) is 4.53. The molecule has 0 spiro atoms. The number of carbonyl (C=O) groups excluding carboxylic acids is 1. The Bertz CT molecular complexity index is 481. The third-order valence-electron chi connectivity index (χ3n) is 3.84. The van der Waals surface area contributed by atoms with Crippen LogP contribution in [0.2, 0.25) is 5.02 Å². The molecule has 1 aliphatic rings. The molecule has 1 aliphatic heterocycles. The van der Waals surface area contributed by atoms with Gasteiger partial charge in [0.05, 0.1) is 5.02 Å². The van der Waals surface area contributed by atoms with E-state index in [1.807, 2.05) is 31.0 Å². The molecule has 116 valence electrons. The molecule has 1 amide bonds. The summed E-state index contributed by atoms with van der Waals surface area (Å²) < 4.78 is 5.83. The van der Waals surface area contributed by atoms with Crippen LogP contribution in [-0.4, -0.2) is 43.6 Å². The van der Waals surface area contributed by atoms with E-state index in [-0.39, 0.29) is 5.91 Å². The molecule has 1 saturated heterocycles. The van der Waals surface area contributed by atoms with Crippen LogP contribution in [0.4, 0.5) is 0 Å². The fourth-order valence-electron chi connectivity index (χ4n) is 2.69. The van der Waals surface area contributed by atoms with Gasteiger partial charge in [-0.2, -0.15) is 0 Å². The van der Waals surface area contributed by atoms with Gasteiger partial charge >= 0.3 is 0 Å². The molecule has 0 aliphatic carbocycles. The van der Waals surface area contributed by atoms with Gasteiger partial charge in [-0.1, -0.05) is 30.7 Å². The Kier molecular flexibility index (Phi) is 5.88. The maximum atomic E-state index is 12.6. The number of para-hydroxylation sites is 1. The van der Waals surface area contributed by atoms with Crippen molar-refractivity contribution in [1.82, 2.24) is 10.2 Å². The zero-order valence-corrected chi connectivity index (χ0v) is 13.4. The van der Waals surface area contributed by atoms with Crippen LogP contribution in [-0.2, 0) is 4.79 Å². The Morgan fingerprint density at radius 3 is 2.95 bits per heavy atom. The van der Waals surface area contributed by atoms with Crippen molar-refractivity contribution in [1.29, 1.82) is 0 Å². The van der Waals surface area contributed by atoms with Gasteiger partial charge in [-0.25, -0.2) is 0 Å². The molecule has 2 atom stereocenters. The molecule has 1 aromatic carbocycles. The fraction of sp³-hybridized carbons (Fsp3) is 0.562. The lowest BCUT2D eigenvalue weighted by molar-refractivity contribution is -0.137. The van der Waals surface area contributed by atoms with Gasteiger partial charge in [0.2, 0.25) is 0 Å². The van der Waals surface area contributed by atoms with Gasteiger partial charge in [-0.15, -0.1) is 0 Å². The molecule has 5 heteroatoms. The van der Waals surface area contributed by atoms with E-state index < -0.39 is 6.10 Å². The third-order valence-corrected chi connectivity index (χ3v) is 4.15. The number of ether oxygens (including phenoxy) is 1. The highest BCUT2D eigenvalue weighted by molar-refractivity contribution is 6.32. The zero-order valence-electron chi connectivity index (χ0n) is 12.6. The molecular formula is C16H23ClN2O2. The number of nitrogens with one attached hydrogen (secondary N) is 1. The largest absolute Gasteiger partial charge is 0.479 e. The van der Waals surface area contributed by atoms with Crippen molar-refractivity contribution in [2.45, 2.75) is 25.9 Å². The zero-order chi connectivity index (χ0) is 15.2. The first kappa shape index (κ1) is 16.1. The number of hydrogen-bond acceptors (Lipinski definition) is 3. The second kappa shape index (κ2) is 7.66. The van der Waals surface area contributed by atoms with Gasteiger partial charge in [0, 0.05) is 13.1 Å². The Morgan fingerprint density at radius 2 is 2.29 bits per heavy atom. The van der Waals surface area contributed by atoms with Crippen molar-refractivity contribution in [3.8, 4) is 5.75 Å². The first-order valence-corrected chi connectivity index (χ1v) is 7.88. The Morgan fingerprint density at radius 1 is 1.52 bits per heavy atom. The van der Waals surface area contributed by atoms with Crippen LogP contribution in [0.25, 0.3) is 0 Å². The van der Waals surface area contributed by atoms with E-state index in [0.717, 1.165) is 26.1 Å². The normalized spacial score (nSPS) is 19.6. The average Bonchev–Trinajstić information content (AvgIpc) is 2.95. The first-order chi connectivity index (χ1) is 10.2. The molecule has 2 rings (SSSR count). The minimum atomic E-state index is -0.460. The summed E-state index contributed by atoms with van der Waals surface area (Å²) in [6, 6.07) is 7.27. The highest BCUT2D eigenvalue weighted by Gasteiger charge is 2.31. The number of hydrogen-bond donors (Lipinski definition) is 1. The smallest absolute Gasteiger partial charge is 0.263 e. The second-order valence-electron chi connectivity index (χ2n) is 5.44. The minimum absolute atomic E-state index is 0.0658. The van der Waals surface area contributed by atoms with Crippen LogP contribution < -0.4 is 10.1 Å². The van der Waals surface area contributed by atoms with E-state index in [4.69, 9.17) is 16.3 Å². The van der Waals surface area contributed by atoms with Crippen LogP contribution in [0, 0.1) is 5.92 Å². The van der Waals surface area contributed by atoms with Crippen LogP contribution in [0.3, 0.4) is 0 Å².